The van der Waals surface area contributed by atoms with Gasteiger partial charge in [0.15, 0.2) is 0 Å². The minimum Gasteiger partial charge on any atom is -0.494 e. The number of nitrogens with one attached hydrogen (secondary N) is 1. The van der Waals surface area contributed by atoms with E-state index in [1.165, 1.54) is 11.8 Å². The standard InChI is InChI=1S/C16H23N5O2S/c1-11(2)7-8-17-15(22)10-24-16-18-19-20-21(16)13-9-12(3)5-6-14(13)23-4/h5-6,9,11H,7-8,10H2,1-4H3,(H,17,22). The molecule has 0 spiro atoms. The summed E-state index contributed by atoms with van der Waals surface area (Å²) in [6.45, 7) is 6.94. The lowest BCUT2D eigenvalue weighted by Gasteiger charge is -2.10. The van der Waals surface area contributed by atoms with Crippen molar-refractivity contribution >= 4 is 17.7 Å². The van der Waals surface area contributed by atoms with Gasteiger partial charge in [-0.25, -0.2) is 0 Å². The number of nitrogens with zero attached hydrogens (tertiary/aromatic N) is 4. The maximum absolute atomic E-state index is 11.9. The van der Waals surface area contributed by atoms with Gasteiger partial charge in [-0.1, -0.05) is 31.7 Å². The molecular formula is C16H23N5O2S. The number of aryl methyl sites for hydroxylation is 1. The molecule has 0 saturated heterocycles. The molecule has 2 rings (SSSR count). The van der Waals surface area contributed by atoms with Crippen LogP contribution >= 0.6 is 11.8 Å². The molecule has 0 radical (unpaired) electrons. The highest BCUT2D eigenvalue weighted by Gasteiger charge is 2.15. The van der Waals surface area contributed by atoms with Crippen LogP contribution in [0.1, 0.15) is 25.8 Å². The van der Waals surface area contributed by atoms with Gasteiger partial charge in [0.05, 0.1) is 12.9 Å². The monoisotopic (exact) mass is 349 g/mol. The van der Waals surface area contributed by atoms with Crippen molar-refractivity contribution in [3.8, 4) is 11.4 Å². The summed E-state index contributed by atoms with van der Waals surface area (Å²) >= 11 is 1.30. The summed E-state index contributed by atoms with van der Waals surface area (Å²) in [7, 11) is 1.60. The summed E-state index contributed by atoms with van der Waals surface area (Å²) in [6, 6.07) is 5.78. The number of amides is 1. The lowest BCUT2D eigenvalue weighted by Crippen LogP contribution is -2.27. The first-order valence-corrected chi connectivity index (χ1v) is 8.82. The van der Waals surface area contributed by atoms with Crippen molar-refractivity contribution in [3.05, 3.63) is 23.8 Å². The molecule has 0 fully saturated rings. The minimum absolute atomic E-state index is 0.0218. The maximum atomic E-state index is 11.9. The first-order chi connectivity index (χ1) is 11.5. The molecule has 0 atom stereocenters. The van der Waals surface area contributed by atoms with Gasteiger partial charge in [0.25, 0.3) is 0 Å². The van der Waals surface area contributed by atoms with E-state index in [0.29, 0.717) is 23.4 Å². The second kappa shape index (κ2) is 8.68. The Kier molecular flexibility index (Phi) is 6.60. The van der Waals surface area contributed by atoms with Crippen LogP contribution in [0.25, 0.3) is 5.69 Å². The van der Waals surface area contributed by atoms with E-state index in [9.17, 15) is 4.79 Å². The van der Waals surface area contributed by atoms with Crippen molar-refractivity contribution in [3.63, 3.8) is 0 Å². The number of carbonyl (C=O) groups is 1. The van der Waals surface area contributed by atoms with Gasteiger partial charge in [0.1, 0.15) is 11.4 Å². The largest absolute Gasteiger partial charge is 0.494 e. The van der Waals surface area contributed by atoms with E-state index in [1.54, 1.807) is 11.8 Å². The molecule has 0 unspecified atom stereocenters. The number of tetrazole rings is 1. The van der Waals surface area contributed by atoms with Crippen molar-refractivity contribution in [1.82, 2.24) is 25.5 Å². The fourth-order valence-corrected chi connectivity index (χ4v) is 2.78. The predicted octanol–water partition coefficient (Wildman–Crippen LogP) is 2.23. The van der Waals surface area contributed by atoms with E-state index < -0.39 is 0 Å². The van der Waals surface area contributed by atoms with Gasteiger partial charge < -0.3 is 10.1 Å². The molecule has 0 bridgehead atoms. The smallest absolute Gasteiger partial charge is 0.230 e. The lowest BCUT2D eigenvalue weighted by atomic mass is 10.1. The van der Waals surface area contributed by atoms with Gasteiger partial charge in [0.2, 0.25) is 11.1 Å². The number of methoxy groups -OCH3 is 1. The molecule has 8 heteroatoms. The number of benzene rings is 1. The Balaban J connectivity index is 2.03. The Morgan fingerprint density at radius 1 is 1.42 bits per heavy atom. The average Bonchev–Trinajstić information content (AvgIpc) is 3.01. The molecule has 1 amide bonds. The topological polar surface area (TPSA) is 81.9 Å². The van der Waals surface area contributed by atoms with E-state index in [1.807, 2.05) is 25.1 Å². The Hall–Kier alpha value is -2.09. The number of thioether (sulfide) groups is 1. The van der Waals surface area contributed by atoms with Crippen LogP contribution in [0.4, 0.5) is 0 Å². The molecule has 1 heterocycles. The first-order valence-electron chi connectivity index (χ1n) is 7.84. The Labute approximate surface area is 146 Å². The van der Waals surface area contributed by atoms with E-state index in [2.05, 4.69) is 34.7 Å². The van der Waals surface area contributed by atoms with Crippen molar-refractivity contribution in [2.75, 3.05) is 19.4 Å². The number of carbonyl (C=O) groups excluding carboxylic acids is 1. The Morgan fingerprint density at radius 3 is 2.92 bits per heavy atom. The number of hydrogen-bond acceptors (Lipinski definition) is 6. The number of ether oxygens (including phenoxy) is 1. The highest BCUT2D eigenvalue weighted by molar-refractivity contribution is 7.99. The summed E-state index contributed by atoms with van der Waals surface area (Å²) in [5.41, 5.74) is 1.83. The SMILES string of the molecule is COc1ccc(C)cc1-n1nnnc1SCC(=O)NCCC(C)C. The average molecular weight is 349 g/mol. The summed E-state index contributed by atoms with van der Waals surface area (Å²) in [4.78, 5) is 11.9. The minimum atomic E-state index is -0.0218. The van der Waals surface area contributed by atoms with Crippen molar-refractivity contribution in [2.24, 2.45) is 5.92 Å². The van der Waals surface area contributed by atoms with E-state index in [4.69, 9.17) is 4.74 Å². The van der Waals surface area contributed by atoms with Gasteiger partial charge in [-0.15, -0.1) is 5.10 Å². The molecule has 0 saturated carbocycles. The van der Waals surface area contributed by atoms with Crippen LogP contribution in [0.2, 0.25) is 0 Å². The molecule has 130 valence electrons. The lowest BCUT2D eigenvalue weighted by molar-refractivity contribution is -0.118. The maximum Gasteiger partial charge on any atom is 0.230 e. The highest BCUT2D eigenvalue weighted by Crippen LogP contribution is 2.26. The normalized spacial score (nSPS) is 10.9. The van der Waals surface area contributed by atoms with E-state index in [-0.39, 0.29) is 11.7 Å². The van der Waals surface area contributed by atoms with Gasteiger partial charge in [-0.2, -0.15) is 4.68 Å². The molecule has 2 aromatic rings. The third-order valence-corrected chi connectivity index (χ3v) is 4.30. The van der Waals surface area contributed by atoms with Crippen LogP contribution < -0.4 is 10.1 Å². The number of hydrogen-bond donors (Lipinski definition) is 1. The van der Waals surface area contributed by atoms with Gasteiger partial charge >= 0.3 is 0 Å². The molecule has 1 N–H and O–H groups in total. The first kappa shape index (κ1) is 18.3. The fraction of sp³-hybridized carbons (Fsp3) is 0.500. The summed E-state index contributed by atoms with van der Waals surface area (Å²) in [5.74, 6) is 1.49. The molecule has 0 aliphatic carbocycles. The van der Waals surface area contributed by atoms with Crippen LogP contribution in [0, 0.1) is 12.8 Å². The van der Waals surface area contributed by atoms with E-state index >= 15 is 0 Å². The van der Waals surface area contributed by atoms with Crippen LogP contribution in [0.5, 0.6) is 5.75 Å². The quantitative estimate of drug-likeness (QED) is 0.736. The van der Waals surface area contributed by atoms with Crippen LogP contribution in [0.3, 0.4) is 0 Å². The zero-order chi connectivity index (χ0) is 17.5. The highest BCUT2D eigenvalue weighted by atomic mass is 32.2. The molecular weight excluding hydrogens is 326 g/mol. The second-order valence-corrected chi connectivity index (χ2v) is 6.81. The van der Waals surface area contributed by atoms with Crippen LogP contribution in [-0.4, -0.2) is 45.5 Å². The molecule has 1 aromatic heterocycles. The molecule has 0 aliphatic heterocycles. The summed E-state index contributed by atoms with van der Waals surface area (Å²) in [5, 5.41) is 15.2. The third-order valence-electron chi connectivity index (χ3n) is 3.38. The Morgan fingerprint density at radius 2 is 2.21 bits per heavy atom. The summed E-state index contributed by atoms with van der Waals surface area (Å²) < 4.78 is 6.97. The van der Waals surface area contributed by atoms with Crippen molar-refractivity contribution in [2.45, 2.75) is 32.3 Å². The number of rotatable bonds is 8. The predicted molar refractivity (Wildman–Crippen MR) is 93.6 cm³/mol. The van der Waals surface area contributed by atoms with Crippen molar-refractivity contribution in [1.29, 1.82) is 0 Å². The summed E-state index contributed by atoms with van der Waals surface area (Å²) in [6.07, 6.45) is 0.967. The zero-order valence-corrected chi connectivity index (χ0v) is 15.3. The Bertz CT molecular complexity index is 687. The molecule has 0 aliphatic rings. The van der Waals surface area contributed by atoms with Gasteiger partial charge in [-0.05, 0) is 47.4 Å². The zero-order valence-electron chi connectivity index (χ0n) is 14.4. The van der Waals surface area contributed by atoms with Crippen LogP contribution in [0.15, 0.2) is 23.4 Å². The van der Waals surface area contributed by atoms with Gasteiger partial charge in [-0.3, -0.25) is 4.79 Å². The van der Waals surface area contributed by atoms with Crippen molar-refractivity contribution < 1.29 is 9.53 Å². The second-order valence-electron chi connectivity index (χ2n) is 5.87. The van der Waals surface area contributed by atoms with Crippen LogP contribution in [-0.2, 0) is 4.79 Å². The van der Waals surface area contributed by atoms with E-state index in [0.717, 1.165) is 17.7 Å². The molecule has 24 heavy (non-hydrogen) atoms. The van der Waals surface area contributed by atoms with Gasteiger partial charge in [0, 0.05) is 6.54 Å². The molecule has 7 nitrogen and oxygen atoms in total. The third kappa shape index (κ3) is 4.95. The number of aromatic nitrogens is 4. The molecule has 1 aromatic carbocycles. The fourth-order valence-electron chi connectivity index (χ4n) is 2.07.